The van der Waals surface area contributed by atoms with Crippen LogP contribution < -0.4 is 5.73 Å². The van der Waals surface area contributed by atoms with Crippen LogP contribution in [0.3, 0.4) is 0 Å². The summed E-state index contributed by atoms with van der Waals surface area (Å²) in [6, 6.07) is 1.76. The summed E-state index contributed by atoms with van der Waals surface area (Å²) >= 11 is 3.24. The molecule has 0 fully saturated rings. The first-order chi connectivity index (χ1) is 5.11. The van der Waals surface area contributed by atoms with Gasteiger partial charge in [0.2, 0.25) is 0 Å². The average molecular weight is 217 g/mol. The summed E-state index contributed by atoms with van der Waals surface area (Å²) < 4.78 is 0.822. The van der Waals surface area contributed by atoms with E-state index >= 15 is 0 Å². The number of hydrogen-bond acceptors (Lipinski definition) is 3. The molecule has 1 rings (SSSR count). The highest BCUT2D eigenvalue weighted by atomic mass is 79.9. The molecular formula is C7H9BrN2O. The van der Waals surface area contributed by atoms with E-state index in [0.29, 0.717) is 11.4 Å². The second-order valence-electron chi connectivity index (χ2n) is 2.30. The van der Waals surface area contributed by atoms with Crippen molar-refractivity contribution in [1.29, 1.82) is 0 Å². The molecule has 0 unspecified atom stereocenters. The molecule has 1 atom stereocenters. The van der Waals surface area contributed by atoms with Crippen LogP contribution in [0.2, 0.25) is 0 Å². The topological polar surface area (TPSA) is 59.1 Å². The monoisotopic (exact) mass is 216 g/mol. The van der Waals surface area contributed by atoms with Crippen molar-refractivity contribution in [3.8, 4) is 0 Å². The Morgan fingerprint density at radius 3 is 2.82 bits per heavy atom. The molecule has 3 N–H and O–H groups in total. The molecule has 4 heteroatoms. The fourth-order valence-electron chi connectivity index (χ4n) is 0.800. The summed E-state index contributed by atoms with van der Waals surface area (Å²) in [6.45, 7) is 1.65. The minimum Gasteiger partial charge on any atom is -0.389 e. The van der Waals surface area contributed by atoms with Gasteiger partial charge < -0.3 is 10.8 Å². The molecule has 0 bridgehead atoms. The smallest absolute Gasteiger partial charge is 0.129 e. The van der Waals surface area contributed by atoms with Gasteiger partial charge in [0.25, 0.3) is 0 Å². The van der Waals surface area contributed by atoms with Gasteiger partial charge >= 0.3 is 0 Å². The van der Waals surface area contributed by atoms with Crippen molar-refractivity contribution in [3.63, 3.8) is 0 Å². The summed E-state index contributed by atoms with van der Waals surface area (Å²) in [5.41, 5.74) is 6.15. The van der Waals surface area contributed by atoms with Gasteiger partial charge in [0, 0.05) is 16.2 Å². The van der Waals surface area contributed by atoms with Crippen LogP contribution in [0, 0.1) is 0 Å². The Labute approximate surface area is 73.4 Å². The lowest BCUT2D eigenvalue weighted by Gasteiger charge is -2.06. The molecule has 0 radical (unpaired) electrons. The summed E-state index contributed by atoms with van der Waals surface area (Å²) in [5.74, 6) is 0.378. The number of nitrogens with zero attached hydrogens (tertiary/aromatic N) is 1. The van der Waals surface area contributed by atoms with Crippen LogP contribution in [0.4, 0.5) is 5.82 Å². The summed E-state index contributed by atoms with van der Waals surface area (Å²) in [7, 11) is 0. The Morgan fingerprint density at radius 1 is 1.73 bits per heavy atom. The minimum absolute atomic E-state index is 0.378. The fraction of sp³-hybridized carbons (Fsp3) is 0.286. The molecule has 0 aliphatic carbocycles. The Morgan fingerprint density at radius 2 is 2.36 bits per heavy atom. The van der Waals surface area contributed by atoms with Crippen LogP contribution in [-0.4, -0.2) is 10.1 Å². The molecule has 1 aromatic rings. The lowest BCUT2D eigenvalue weighted by Crippen LogP contribution is -2.00. The predicted molar refractivity (Wildman–Crippen MR) is 47.0 cm³/mol. The van der Waals surface area contributed by atoms with E-state index in [0.717, 1.165) is 4.47 Å². The number of anilines is 1. The maximum atomic E-state index is 9.19. The SMILES string of the molecule is C[C@@H](O)c1cc(Br)cnc1N. The maximum Gasteiger partial charge on any atom is 0.129 e. The fourth-order valence-corrected chi connectivity index (χ4v) is 1.15. The Bertz CT molecular complexity index is 263. The molecule has 0 amide bonds. The van der Waals surface area contributed by atoms with E-state index in [1.165, 1.54) is 0 Å². The van der Waals surface area contributed by atoms with Crippen LogP contribution in [0.25, 0.3) is 0 Å². The lowest BCUT2D eigenvalue weighted by atomic mass is 10.2. The van der Waals surface area contributed by atoms with E-state index in [2.05, 4.69) is 20.9 Å². The third kappa shape index (κ3) is 1.91. The molecule has 0 saturated carbocycles. The normalized spacial score (nSPS) is 13.0. The van der Waals surface area contributed by atoms with E-state index in [9.17, 15) is 5.11 Å². The number of nitrogens with two attached hydrogens (primary N) is 1. The predicted octanol–water partition coefficient (Wildman–Crippen LogP) is 1.48. The molecule has 0 aromatic carbocycles. The Balaban J connectivity index is 3.13. The van der Waals surface area contributed by atoms with E-state index < -0.39 is 6.10 Å². The first-order valence-corrected chi connectivity index (χ1v) is 3.99. The van der Waals surface area contributed by atoms with Crippen molar-refractivity contribution in [3.05, 3.63) is 22.3 Å². The second kappa shape index (κ2) is 3.19. The van der Waals surface area contributed by atoms with E-state index in [1.807, 2.05) is 0 Å². The second-order valence-corrected chi connectivity index (χ2v) is 3.22. The number of rotatable bonds is 1. The maximum absolute atomic E-state index is 9.19. The summed E-state index contributed by atoms with van der Waals surface area (Å²) in [5, 5.41) is 9.19. The molecule has 0 saturated heterocycles. The number of pyridine rings is 1. The number of aliphatic hydroxyl groups is 1. The van der Waals surface area contributed by atoms with Crippen molar-refractivity contribution in [2.45, 2.75) is 13.0 Å². The molecular weight excluding hydrogens is 208 g/mol. The number of aliphatic hydroxyl groups excluding tert-OH is 1. The van der Waals surface area contributed by atoms with Crippen LogP contribution in [0.15, 0.2) is 16.7 Å². The van der Waals surface area contributed by atoms with Gasteiger partial charge in [0.05, 0.1) is 6.10 Å². The van der Waals surface area contributed by atoms with Crippen molar-refractivity contribution in [2.24, 2.45) is 0 Å². The largest absolute Gasteiger partial charge is 0.389 e. The summed E-state index contributed by atoms with van der Waals surface area (Å²) in [6.07, 6.45) is 1.03. The standard InChI is InChI=1S/C7H9BrN2O/c1-4(11)6-2-5(8)3-10-7(6)9/h2-4,11H,1H3,(H2,9,10)/t4-/m1/s1. The molecule has 1 aromatic heterocycles. The molecule has 0 spiro atoms. The lowest BCUT2D eigenvalue weighted by molar-refractivity contribution is 0.199. The molecule has 0 aliphatic rings. The van der Waals surface area contributed by atoms with Gasteiger partial charge in [-0.05, 0) is 28.9 Å². The third-order valence-corrected chi connectivity index (χ3v) is 1.80. The first kappa shape index (κ1) is 8.49. The van der Waals surface area contributed by atoms with Crippen LogP contribution in [0.5, 0.6) is 0 Å². The first-order valence-electron chi connectivity index (χ1n) is 3.20. The van der Waals surface area contributed by atoms with Gasteiger partial charge in [0.15, 0.2) is 0 Å². The molecule has 0 aliphatic heterocycles. The minimum atomic E-state index is -0.569. The van der Waals surface area contributed by atoms with E-state index in [1.54, 1.807) is 19.2 Å². The Hall–Kier alpha value is -0.610. The van der Waals surface area contributed by atoms with Gasteiger partial charge in [-0.3, -0.25) is 0 Å². The van der Waals surface area contributed by atoms with Gasteiger partial charge in [-0.25, -0.2) is 4.98 Å². The molecule has 60 valence electrons. The zero-order valence-corrected chi connectivity index (χ0v) is 7.67. The molecule has 1 heterocycles. The van der Waals surface area contributed by atoms with Crippen molar-refractivity contribution >= 4 is 21.7 Å². The zero-order valence-electron chi connectivity index (χ0n) is 6.08. The average Bonchev–Trinajstić information content (AvgIpc) is 1.94. The number of aromatic nitrogens is 1. The highest BCUT2D eigenvalue weighted by Crippen LogP contribution is 2.21. The third-order valence-electron chi connectivity index (χ3n) is 1.37. The quantitative estimate of drug-likeness (QED) is 0.748. The highest BCUT2D eigenvalue weighted by Gasteiger charge is 2.06. The summed E-state index contributed by atoms with van der Waals surface area (Å²) in [4.78, 5) is 3.87. The number of hydrogen-bond donors (Lipinski definition) is 2. The van der Waals surface area contributed by atoms with Crippen LogP contribution >= 0.6 is 15.9 Å². The van der Waals surface area contributed by atoms with Crippen molar-refractivity contribution in [1.82, 2.24) is 4.98 Å². The van der Waals surface area contributed by atoms with Gasteiger partial charge in [-0.2, -0.15) is 0 Å². The van der Waals surface area contributed by atoms with Crippen molar-refractivity contribution in [2.75, 3.05) is 5.73 Å². The van der Waals surface area contributed by atoms with E-state index in [4.69, 9.17) is 5.73 Å². The highest BCUT2D eigenvalue weighted by molar-refractivity contribution is 9.10. The van der Waals surface area contributed by atoms with Gasteiger partial charge in [-0.15, -0.1) is 0 Å². The molecule has 11 heavy (non-hydrogen) atoms. The van der Waals surface area contributed by atoms with Gasteiger partial charge in [0.1, 0.15) is 5.82 Å². The van der Waals surface area contributed by atoms with Gasteiger partial charge in [-0.1, -0.05) is 0 Å². The number of nitrogen functional groups attached to an aromatic ring is 1. The van der Waals surface area contributed by atoms with Crippen LogP contribution in [-0.2, 0) is 0 Å². The zero-order chi connectivity index (χ0) is 8.43. The Kier molecular flexibility index (Phi) is 2.46. The number of halogens is 1. The van der Waals surface area contributed by atoms with Crippen LogP contribution in [0.1, 0.15) is 18.6 Å². The van der Waals surface area contributed by atoms with E-state index in [-0.39, 0.29) is 0 Å². The van der Waals surface area contributed by atoms with Crippen molar-refractivity contribution < 1.29 is 5.11 Å². The molecule has 3 nitrogen and oxygen atoms in total.